The fourth-order valence-corrected chi connectivity index (χ4v) is 4.50. The molecule has 4 N–H and O–H groups in total. The predicted octanol–water partition coefficient (Wildman–Crippen LogP) is 3.23. The van der Waals surface area contributed by atoms with Crippen LogP contribution in [0, 0.1) is 5.92 Å². The Kier molecular flexibility index (Phi) is 5.02. The summed E-state index contributed by atoms with van der Waals surface area (Å²) in [6.07, 6.45) is -2.36. The maximum atomic E-state index is 13.9. The monoisotopic (exact) mass is 401 g/mol. The van der Waals surface area contributed by atoms with Crippen molar-refractivity contribution >= 4 is 39.1 Å². The molecule has 0 saturated carbocycles. The van der Waals surface area contributed by atoms with Crippen molar-refractivity contribution in [3.63, 3.8) is 0 Å². The molecule has 3 rings (SSSR count). The molecule has 0 fully saturated rings. The molecule has 0 aromatic carbocycles. The summed E-state index contributed by atoms with van der Waals surface area (Å²) in [5.41, 5.74) is 5.35. The van der Waals surface area contributed by atoms with Crippen molar-refractivity contribution in [3.8, 4) is 0 Å². The lowest BCUT2D eigenvalue weighted by molar-refractivity contribution is -0.137. The lowest BCUT2D eigenvalue weighted by Gasteiger charge is -2.26. The lowest BCUT2D eigenvalue weighted by Crippen LogP contribution is -2.29. The van der Waals surface area contributed by atoms with Gasteiger partial charge >= 0.3 is 12.1 Å². The molecular formula is C17H18F3N3O3S. The van der Waals surface area contributed by atoms with Gasteiger partial charge in [0.15, 0.2) is 0 Å². The number of aromatic nitrogens is 1. The van der Waals surface area contributed by atoms with Gasteiger partial charge in [0.25, 0.3) is 5.91 Å². The third-order valence-corrected chi connectivity index (χ3v) is 5.91. The van der Waals surface area contributed by atoms with Crippen LogP contribution in [0.25, 0.3) is 10.2 Å². The number of carboxylic acids is 1. The normalized spacial score (nSPS) is 17.0. The molecule has 2 aromatic rings. The van der Waals surface area contributed by atoms with E-state index in [-0.39, 0.29) is 38.7 Å². The van der Waals surface area contributed by atoms with Gasteiger partial charge in [0, 0.05) is 11.1 Å². The van der Waals surface area contributed by atoms with E-state index in [1.165, 1.54) is 0 Å². The standard InChI is InChI=1S/C17H18F3N3O3S/c1-2-7-3-4-9-8(5-7)12(17(18,19)20)11-13(21)14(27-16(11)23-9)15(26)22-6-10(24)25/h7H,2-6,21H2,1H3,(H,22,26)(H,24,25)/t7-/m1/s1. The second-order valence-electron chi connectivity index (χ2n) is 6.53. The van der Waals surface area contributed by atoms with Crippen LogP contribution in [-0.2, 0) is 23.8 Å². The summed E-state index contributed by atoms with van der Waals surface area (Å²) in [6.45, 7) is 1.29. The molecule has 1 aliphatic carbocycles. The Labute approximate surface area is 156 Å². The number of pyridine rings is 1. The largest absolute Gasteiger partial charge is 0.480 e. The molecule has 2 aromatic heterocycles. The second-order valence-corrected chi connectivity index (χ2v) is 7.53. The Morgan fingerprint density at radius 3 is 2.70 bits per heavy atom. The highest BCUT2D eigenvalue weighted by atomic mass is 32.1. The molecule has 0 radical (unpaired) electrons. The number of alkyl halides is 3. The Morgan fingerprint density at radius 2 is 2.11 bits per heavy atom. The lowest BCUT2D eigenvalue weighted by atomic mass is 9.82. The van der Waals surface area contributed by atoms with Crippen LogP contribution in [0.15, 0.2) is 0 Å². The fraction of sp³-hybridized carbons (Fsp3) is 0.471. The van der Waals surface area contributed by atoms with Crippen molar-refractivity contribution in [2.45, 2.75) is 38.8 Å². The highest BCUT2D eigenvalue weighted by Gasteiger charge is 2.40. The molecule has 0 aliphatic heterocycles. The van der Waals surface area contributed by atoms with Crippen molar-refractivity contribution < 1.29 is 27.9 Å². The predicted molar refractivity (Wildman–Crippen MR) is 94.8 cm³/mol. The van der Waals surface area contributed by atoms with Crippen molar-refractivity contribution in [3.05, 3.63) is 21.7 Å². The zero-order valence-electron chi connectivity index (χ0n) is 14.4. The van der Waals surface area contributed by atoms with Crippen LogP contribution < -0.4 is 11.1 Å². The first-order valence-electron chi connectivity index (χ1n) is 8.44. The number of carbonyl (C=O) groups is 2. The number of nitrogens with two attached hydrogens (primary N) is 1. The van der Waals surface area contributed by atoms with E-state index in [1.54, 1.807) is 0 Å². The number of thiophene rings is 1. The third-order valence-electron chi connectivity index (χ3n) is 4.81. The molecule has 1 atom stereocenters. The Morgan fingerprint density at radius 1 is 1.41 bits per heavy atom. The highest BCUT2D eigenvalue weighted by molar-refractivity contribution is 7.21. The van der Waals surface area contributed by atoms with E-state index in [4.69, 9.17) is 10.8 Å². The first kappa shape index (κ1) is 19.4. The Balaban J connectivity index is 2.19. The van der Waals surface area contributed by atoms with Crippen LogP contribution in [0.5, 0.6) is 0 Å². The van der Waals surface area contributed by atoms with E-state index in [1.807, 2.05) is 6.92 Å². The van der Waals surface area contributed by atoms with Crippen molar-refractivity contribution in [1.82, 2.24) is 10.3 Å². The number of carboxylic acid groups (broad SMARTS) is 1. The molecule has 1 aliphatic rings. The number of carbonyl (C=O) groups excluding carboxylic acids is 1. The van der Waals surface area contributed by atoms with Crippen LogP contribution in [0.3, 0.4) is 0 Å². The first-order chi connectivity index (χ1) is 12.6. The number of rotatable bonds is 4. The van der Waals surface area contributed by atoms with Gasteiger partial charge in [-0.2, -0.15) is 13.2 Å². The minimum atomic E-state index is -4.63. The smallest absolute Gasteiger partial charge is 0.417 e. The van der Waals surface area contributed by atoms with E-state index < -0.39 is 30.2 Å². The van der Waals surface area contributed by atoms with Crippen LogP contribution in [-0.4, -0.2) is 28.5 Å². The fourth-order valence-electron chi connectivity index (χ4n) is 3.46. The van der Waals surface area contributed by atoms with E-state index in [9.17, 15) is 22.8 Å². The number of nitrogens with one attached hydrogen (secondary N) is 1. The summed E-state index contributed by atoms with van der Waals surface area (Å²) < 4.78 is 41.8. The molecule has 6 nitrogen and oxygen atoms in total. The zero-order valence-corrected chi connectivity index (χ0v) is 15.3. The van der Waals surface area contributed by atoms with Gasteiger partial charge in [0.05, 0.1) is 11.3 Å². The van der Waals surface area contributed by atoms with Crippen LogP contribution in [0.2, 0.25) is 0 Å². The van der Waals surface area contributed by atoms with Gasteiger partial charge in [-0.15, -0.1) is 11.3 Å². The summed E-state index contributed by atoms with van der Waals surface area (Å²) in [6, 6.07) is 0. The van der Waals surface area contributed by atoms with E-state index >= 15 is 0 Å². The summed E-state index contributed by atoms with van der Waals surface area (Å²) in [4.78, 5) is 27.0. The molecule has 0 spiro atoms. The number of nitrogen functional groups attached to an aromatic ring is 1. The van der Waals surface area contributed by atoms with Gasteiger partial charge in [-0.05, 0) is 30.7 Å². The number of aliphatic carboxylic acids is 1. The van der Waals surface area contributed by atoms with Gasteiger partial charge in [-0.3, -0.25) is 9.59 Å². The molecule has 0 saturated heterocycles. The Bertz CT molecular complexity index is 924. The molecule has 0 unspecified atom stereocenters. The molecule has 146 valence electrons. The minimum absolute atomic E-state index is 0.0500. The van der Waals surface area contributed by atoms with Gasteiger partial charge in [-0.25, -0.2) is 4.98 Å². The van der Waals surface area contributed by atoms with Gasteiger partial charge in [-0.1, -0.05) is 13.3 Å². The maximum Gasteiger partial charge on any atom is 0.417 e. The number of hydrogen-bond acceptors (Lipinski definition) is 5. The molecule has 27 heavy (non-hydrogen) atoms. The maximum absolute atomic E-state index is 13.9. The molecular weight excluding hydrogens is 383 g/mol. The number of amides is 1. The molecule has 1 amide bonds. The Hall–Kier alpha value is -2.36. The summed E-state index contributed by atoms with van der Waals surface area (Å²) in [5, 5.41) is 10.5. The van der Waals surface area contributed by atoms with Crippen molar-refractivity contribution in [1.29, 1.82) is 0 Å². The summed E-state index contributed by atoms with van der Waals surface area (Å²) >= 11 is 0.752. The molecule has 0 bridgehead atoms. The molecule has 2 heterocycles. The van der Waals surface area contributed by atoms with Gasteiger partial charge < -0.3 is 16.2 Å². The summed E-state index contributed by atoms with van der Waals surface area (Å²) in [5.74, 6) is -1.94. The number of halogens is 3. The second kappa shape index (κ2) is 6.99. The summed E-state index contributed by atoms with van der Waals surface area (Å²) in [7, 11) is 0. The van der Waals surface area contributed by atoms with E-state index in [0.717, 1.165) is 24.2 Å². The zero-order chi connectivity index (χ0) is 19.9. The average Bonchev–Trinajstić information content (AvgIpc) is 2.92. The van der Waals surface area contributed by atoms with Gasteiger partial charge in [0.2, 0.25) is 0 Å². The average molecular weight is 401 g/mol. The van der Waals surface area contributed by atoms with Crippen LogP contribution in [0.1, 0.15) is 46.3 Å². The quantitative estimate of drug-likeness (QED) is 0.730. The first-order valence-corrected chi connectivity index (χ1v) is 9.26. The van der Waals surface area contributed by atoms with Crippen molar-refractivity contribution in [2.75, 3.05) is 12.3 Å². The van der Waals surface area contributed by atoms with Gasteiger partial charge in [0.1, 0.15) is 16.3 Å². The molecule has 10 heteroatoms. The number of hydrogen-bond donors (Lipinski definition) is 3. The number of anilines is 1. The van der Waals surface area contributed by atoms with E-state index in [2.05, 4.69) is 10.3 Å². The minimum Gasteiger partial charge on any atom is -0.480 e. The topological polar surface area (TPSA) is 105 Å². The third kappa shape index (κ3) is 3.58. The van der Waals surface area contributed by atoms with Crippen LogP contribution in [0.4, 0.5) is 18.9 Å². The van der Waals surface area contributed by atoms with E-state index in [0.29, 0.717) is 12.1 Å². The number of aryl methyl sites for hydroxylation is 1. The number of nitrogens with zero attached hydrogens (tertiary/aromatic N) is 1. The van der Waals surface area contributed by atoms with Crippen LogP contribution >= 0.6 is 11.3 Å². The van der Waals surface area contributed by atoms with Crippen molar-refractivity contribution in [2.24, 2.45) is 5.92 Å². The SMILES string of the molecule is CC[C@@H]1CCc2nc3sc(C(=O)NCC(=O)O)c(N)c3c(C(F)(F)F)c2C1. The number of fused-ring (bicyclic) bond motifs is 2. The highest BCUT2D eigenvalue weighted by Crippen LogP contribution is 2.46.